The molecule has 0 saturated carbocycles. The minimum atomic E-state index is -0.969. The van der Waals surface area contributed by atoms with Crippen molar-refractivity contribution < 1.29 is 9.53 Å². The highest BCUT2D eigenvalue weighted by Crippen LogP contribution is 2.17. The molecule has 0 spiro atoms. The van der Waals surface area contributed by atoms with Gasteiger partial charge in [0.1, 0.15) is 5.54 Å². The Hall–Kier alpha value is -1.34. The van der Waals surface area contributed by atoms with E-state index >= 15 is 0 Å². The molecule has 1 atom stereocenters. The summed E-state index contributed by atoms with van der Waals surface area (Å²) in [6.07, 6.45) is 1.24. The molecule has 19 heavy (non-hydrogen) atoms. The SMILES string of the molecule is COC(=O)C(C)(N)CCCSc1nc(C)cc(=O)[nH]1. The van der Waals surface area contributed by atoms with Gasteiger partial charge in [0, 0.05) is 17.5 Å². The van der Waals surface area contributed by atoms with E-state index in [1.165, 1.54) is 24.9 Å². The van der Waals surface area contributed by atoms with E-state index in [1.54, 1.807) is 13.8 Å². The molecule has 3 N–H and O–H groups in total. The Bertz CT molecular complexity index is 499. The van der Waals surface area contributed by atoms with Crippen LogP contribution in [0, 0.1) is 6.92 Å². The van der Waals surface area contributed by atoms with E-state index in [1.807, 2.05) is 0 Å². The van der Waals surface area contributed by atoms with Crippen LogP contribution >= 0.6 is 11.8 Å². The number of methoxy groups -OCH3 is 1. The van der Waals surface area contributed by atoms with Gasteiger partial charge in [0.25, 0.3) is 5.56 Å². The molecule has 1 heterocycles. The molecular weight excluding hydrogens is 266 g/mol. The third-order valence-electron chi connectivity index (χ3n) is 2.58. The molecule has 106 valence electrons. The van der Waals surface area contributed by atoms with Crippen LogP contribution < -0.4 is 11.3 Å². The molecule has 0 aliphatic heterocycles. The molecule has 0 bridgehead atoms. The molecule has 1 rings (SSSR count). The number of carbonyl (C=O) groups is 1. The number of hydrogen-bond acceptors (Lipinski definition) is 6. The number of ether oxygens (including phenoxy) is 1. The lowest BCUT2D eigenvalue weighted by molar-refractivity contribution is -0.146. The first kappa shape index (κ1) is 15.7. The number of nitrogens with two attached hydrogens (primary N) is 1. The van der Waals surface area contributed by atoms with Crippen molar-refractivity contribution in [2.24, 2.45) is 5.73 Å². The fourth-order valence-corrected chi connectivity index (χ4v) is 2.43. The zero-order chi connectivity index (χ0) is 14.5. The summed E-state index contributed by atoms with van der Waals surface area (Å²) in [4.78, 5) is 29.5. The zero-order valence-corrected chi connectivity index (χ0v) is 12.2. The highest BCUT2D eigenvalue weighted by atomic mass is 32.2. The van der Waals surface area contributed by atoms with Gasteiger partial charge in [0.05, 0.1) is 7.11 Å². The molecule has 1 aromatic rings. The van der Waals surface area contributed by atoms with E-state index in [0.29, 0.717) is 17.3 Å². The number of nitrogens with one attached hydrogen (secondary N) is 1. The van der Waals surface area contributed by atoms with Crippen LogP contribution in [0.3, 0.4) is 0 Å². The summed E-state index contributed by atoms with van der Waals surface area (Å²) in [6.45, 7) is 3.42. The largest absolute Gasteiger partial charge is 0.468 e. The average Bonchev–Trinajstić information content (AvgIpc) is 2.32. The monoisotopic (exact) mass is 285 g/mol. The summed E-state index contributed by atoms with van der Waals surface area (Å²) >= 11 is 1.43. The Balaban J connectivity index is 2.43. The molecule has 0 aromatic carbocycles. The highest BCUT2D eigenvalue weighted by molar-refractivity contribution is 7.99. The Morgan fingerprint density at radius 3 is 2.89 bits per heavy atom. The highest BCUT2D eigenvalue weighted by Gasteiger charge is 2.28. The lowest BCUT2D eigenvalue weighted by Crippen LogP contribution is -2.45. The third kappa shape index (κ3) is 5.04. The average molecular weight is 285 g/mol. The summed E-state index contributed by atoms with van der Waals surface area (Å²) in [5, 5.41) is 0.585. The first-order valence-electron chi connectivity index (χ1n) is 5.93. The summed E-state index contributed by atoms with van der Waals surface area (Å²) in [6, 6.07) is 1.44. The number of esters is 1. The number of aromatic amines is 1. The second kappa shape index (κ2) is 6.72. The number of carbonyl (C=O) groups excluding carboxylic acids is 1. The van der Waals surface area contributed by atoms with Crippen molar-refractivity contribution in [3.05, 3.63) is 22.1 Å². The molecule has 0 fully saturated rings. The molecule has 0 aliphatic carbocycles. The third-order valence-corrected chi connectivity index (χ3v) is 3.54. The summed E-state index contributed by atoms with van der Waals surface area (Å²) in [7, 11) is 1.32. The fourth-order valence-electron chi connectivity index (χ4n) is 1.56. The van der Waals surface area contributed by atoms with Crippen molar-refractivity contribution in [1.29, 1.82) is 0 Å². The number of aryl methyl sites for hydroxylation is 1. The molecule has 0 radical (unpaired) electrons. The first-order chi connectivity index (χ1) is 8.85. The Labute approximate surface area is 116 Å². The summed E-state index contributed by atoms with van der Waals surface area (Å²) < 4.78 is 4.63. The first-order valence-corrected chi connectivity index (χ1v) is 6.92. The normalized spacial score (nSPS) is 13.9. The Morgan fingerprint density at radius 2 is 2.32 bits per heavy atom. The standard InChI is InChI=1S/C12H19N3O3S/c1-8-7-9(16)15-11(14-8)19-6-4-5-12(2,13)10(17)18-3/h7H,4-6,13H2,1-3H3,(H,14,15,16). The molecule has 0 aliphatic rings. The molecule has 0 saturated heterocycles. The molecule has 0 amide bonds. The van der Waals surface area contributed by atoms with E-state index in [2.05, 4.69) is 14.7 Å². The van der Waals surface area contributed by atoms with E-state index in [4.69, 9.17) is 5.73 Å². The van der Waals surface area contributed by atoms with Crippen molar-refractivity contribution >= 4 is 17.7 Å². The lowest BCUT2D eigenvalue weighted by Gasteiger charge is -2.20. The van der Waals surface area contributed by atoms with Crippen LogP contribution in [-0.2, 0) is 9.53 Å². The van der Waals surface area contributed by atoms with Crippen LogP contribution in [0.5, 0.6) is 0 Å². The number of H-pyrrole nitrogens is 1. The number of rotatable bonds is 6. The van der Waals surface area contributed by atoms with Crippen molar-refractivity contribution in [3.63, 3.8) is 0 Å². The van der Waals surface area contributed by atoms with Crippen molar-refractivity contribution in [1.82, 2.24) is 9.97 Å². The van der Waals surface area contributed by atoms with Gasteiger partial charge >= 0.3 is 5.97 Å². The van der Waals surface area contributed by atoms with Crippen LogP contribution in [0.25, 0.3) is 0 Å². The van der Waals surface area contributed by atoms with E-state index < -0.39 is 11.5 Å². The number of aromatic nitrogens is 2. The maximum Gasteiger partial charge on any atom is 0.325 e. The summed E-state index contributed by atoms with van der Waals surface area (Å²) in [5.41, 5.74) is 5.40. The smallest absolute Gasteiger partial charge is 0.325 e. The van der Waals surface area contributed by atoms with E-state index in [0.717, 1.165) is 12.2 Å². The van der Waals surface area contributed by atoms with Crippen LogP contribution in [0.4, 0.5) is 0 Å². The quantitative estimate of drug-likeness (QED) is 0.348. The van der Waals surface area contributed by atoms with Gasteiger partial charge in [-0.3, -0.25) is 9.59 Å². The minimum absolute atomic E-state index is 0.159. The topological polar surface area (TPSA) is 98.1 Å². The van der Waals surface area contributed by atoms with Crippen LogP contribution in [0.2, 0.25) is 0 Å². The zero-order valence-electron chi connectivity index (χ0n) is 11.4. The predicted octanol–water partition coefficient (Wildman–Crippen LogP) is 0.841. The number of nitrogens with zero attached hydrogens (tertiary/aromatic N) is 1. The van der Waals surface area contributed by atoms with Crippen LogP contribution in [-0.4, -0.2) is 34.3 Å². The van der Waals surface area contributed by atoms with Crippen LogP contribution in [0.1, 0.15) is 25.5 Å². The van der Waals surface area contributed by atoms with Crippen molar-refractivity contribution in [3.8, 4) is 0 Å². The van der Waals surface area contributed by atoms with Gasteiger partial charge in [-0.15, -0.1) is 0 Å². The van der Waals surface area contributed by atoms with E-state index in [9.17, 15) is 9.59 Å². The van der Waals surface area contributed by atoms with Gasteiger partial charge in [0.15, 0.2) is 5.16 Å². The minimum Gasteiger partial charge on any atom is -0.468 e. The molecule has 6 nitrogen and oxygen atoms in total. The number of hydrogen-bond donors (Lipinski definition) is 2. The van der Waals surface area contributed by atoms with Gasteiger partial charge in [-0.25, -0.2) is 4.98 Å². The maximum atomic E-state index is 11.4. The van der Waals surface area contributed by atoms with Gasteiger partial charge in [-0.1, -0.05) is 11.8 Å². The second-order valence-corrected chi connectivity index (χ2v) is 5.64. The van der Waals surface area contributed by atoms with Gasteiger partial charge in [-0.05, 0) is 26.7 Å². The predicted molar refractivity (Wildman–Crippen MR) is 74.2 cm³/mol. The molecule has 1 unspecified atom stereocenters. The lowest BCUT2D eigenvalue weighted by atomic mass is 9.98. The maximum absolute atomic E-state index is 11.4. The Kier molecular flexibility index (Phi) is 5.56. The van der Waals surface area contributed by atoms with E-state index in [-0.39, 0.29) is 5.56 Å². The van der Waals surface area contributed by atoms with Crippen LogP contribution in [0.15, 0.2) is 16.0 Å². The summed E-state index contributed by atoms with van der Waals surface area (Å²) in [5.74, 6) is 0.301. The number of thioether (sulfide) groups is 1. The van der Waals surface area contributed by atoms with Gasteiger partial charge in [-0.2, -0.15) is 0 Å². The second-order valence-electron chi connectivity index (χ2n) is 4.55. The molecular formula is C12H19N3O3S. The molecule has 7 heteroatoms. The van der Waals surface area contributed by atoms with Gasteiger partial charge < -0.3 is 15.5 Å². The van der Waals surface area contributed by atoms with Crippen molar-refractivity contribution in [2.45, 2.75) is 37.4 Å². The fraction of sp³-hybridized carbons (Fsp3) is 0.583. The molecule has 1 aromatic heterocycles. The van der Waals surface area contributed by atoms with Crippen molar-refractivity contribution in [2.75, 3.05) is 12.9 Å². The van der Waals surface area contributed by atoms with Gasteiger partial charge in [0.2, 0.25) is 0 Å². The Morgan fingerprint density at radius 1 is 1.63 bits per heavy atom.